The number of rotatable bonds is 5. The molecule has 2 amide bonds. The van der Waals surface area contributed by atoms with Crippen molar-refractivity contribution < 1.29 is 22.8 Å². The molecule has 0 atom stereocenters. The van der Waals surface area contributed by atoms with Crippen molar-refractivity contribution in [1.29, 1.82) is 0 Å². The summed E-state index contributed by atoms with van der Waals surface area (Å²) >= 11 is 4.93. The van der Waals surface area contributed by atoms with Crippen molar-refractivity contribution >= 4 is 29.0 Å². The van der Waals surface area contributed by atoms with Gasteiger partial charge in [-0.25, -0.2) is 5.12 Å². The van der Waals surface area contributed by atoms with Crippen LogP contribution in [0.2, 0.25) is 0 Å². The molecule has 28 heavy (non-hydrogen) atoms. The van der Waals surface area contributed by atoms with Gasteiger partial charge in [0, 0.05) is 20.3 Å². The molecule has 0 spiro atoms. The molecule has 10 nitrogen and oxygen atoms in total. The predicted octanol–water partition coefficient (Wildman–Crippen LogP) is -0.232. The third kappa shape index (κ3) is 5.35. The summed E-state index contributed by atoms with van der Waals surface area (Å²) in [6.07, 6.45) is -2.21. The molecular formula is C14H15F3N8O2S. The van der Waals surface area contributed by atoms with E-state index in [4.69, 9.17) is 12.2 Å². The molecule has 0 fully saturated rings. The first kappa shape index (κ1) is 21.0. The number of carbonyl (C=O) groups is 2. The van der Waals surface area contributed by atoms with Gasteiger partial charge in [-0.2, -0.15) is 13.2 Å². The number of hydrazine groups is 1. The number of alkyl halides is 3. The van der Waals surface area contributed by atoms with Crippen molar-refractivity contribution in [2.75, 3.05) is 19.2 Å². The van der Waals surface area contributed by atoms with Gasteiger partial charge in [-0.1, -0.05) is 12.2 Å². The van der Waals surface area contributed by atoms with Gasteiger partial charge in [0.15, 0.2) is 10.7 Å². The number of pyridine rings is 1. The Morgan fingerprint density at radius 1 is 1.36 bits per heavy atom. The average Bonchev–Trinajstić information content (AvgIpc) is 3.15. The van der Waals surface area contributed by atoms with E-state index in [-0.39, 0.29) is 22.9 Å². The standard InChI is InChI=1S/C14H15F3N8O2S/c1-18-11(26)10-7-25(23-21-10)24(2)22-13(28)12(27)20-6-9-5-8(3-4-19-9)14(15,16)17/h3-5,7H,6H2,1-2H3,(H,18,26)(H,20,27)(H,22,28). The zero-order valence-corrected chi connectivity index (χ0v) is 15.4. The highest BCUT2D eigenvalue weighted by Crippen LogP contribution is 2.28. The van der Waals surface area contributed by atoms with Crippen LogP contribution in [0, 0.1) is 0 Å². The van der Waals surface area contributed by atoms with Gasteiger partial charge < -0.3 is 10.6 Å². The molecule has 2 heterocycles. The Labute approximate surface area is 162 Å². The largest absolute Gasteiger partial charge is 0.416 e. The summed E-state index contributed by atoms with van der Waals surface area (Å²) in [5.41, 5.74) is 1.71. The van der Waals surface area contributed by atoms with E-state index in [1.807, 2.05) is 0 Å². The molecule has 0 aliphatic heterocycles. The number of carbonyl (C=O) groups excluding carboxylic acids is 2. The van der Waals surface area contributed by atoms with Crippen LogP contribution in [-0.4, -0.2) is 51.0 Å². The van der Waals surface area contributed by atoms with Crippen LogP contribution >= 0.6 is 12.2 Å². The van der Waals surface area contributed by atoms with E-state index in [0.717, 1.165) is 23.1 Å². The van der Waals surface area contributed by atoms with E-state index in [1.165, 1.54) is 25.4 Å². The maximum absolute atomic E-state index is 12.7. The second-order valence-corrected chi connectivity index (χ2v) is 5.69. The fraction of sp³-hybridized carbons (Fsp3) is 0.286. The van der Waals surface area contributed by atoms with E-state index in [1.54, 1.807) is 0 Å². The number of halogens is 3. The Kier molecular flexibility index (Phi) is 6.45. The normalized spacial score (nSPS) is 10.9. The highest BCUT2D eigenvalue weighted by Gasteiger charge is 2.30. The fourth-order valence-corrected chi connectivity index (χ4v) is 2.09. The molecule has 0 bridgehead atoms. The molecule has 0 aromatic carbocycles. The highest BCUT2D eigenvalue weighted by molar-refractivity contribution is 7.82. The summed E-state index contributed by atoms with van der Waals surface area (Å²) in [5, 5.41) is 13.2. The van der Waals surface area contributed by atoms with Crippen molar-refractivity contribution in [3.05, 3.63) is 41.5 Å². The van der Waals surface area contributed by atoms with Crippen molar-refractivity contribution in [2.24, 2.45) is 0 Å². The van der Waals surface area contributed by atoms with Gasteiger partial charge in [0.05, 0.1) is 24.0 Å². The lowest BCUT2D eigenvalue weighted by Gasteiger charge is -2.20. The van der Waals surface area contributed by atoms with E-state index in [9.17, 15) is 22.8 Å². The van der Waals surface area contributed by atoms with Crippen molar-refractivity contribution in [3.8, 4) is 0 Å². The van der Waals surface area contributed by atoms with Crippen LogP contribution in [0.15, 0.2) is 24.5 Å². The van der Waals surface area contributed by atoms with Gasteiger partial charge in [0.1, 0.15) is 0 Å². The molecular weight excluding hydrogens is 401 g/mol. The van der Waals surface area contributed by atoms with Crippen LogP contribution < -0.4 is 21.2 Å². The summed E-state index contributed by atoms with van der Waals surface area (Å²) in [6, 6.07) is 1.66. The minimum Gasteiger partial charge on any atom is -0.354 e. The Hall–Kier alpha value is -3.29. The molecule has 0 unspecified atom stereocenters. The smallest absolute Gasteiger partial charge is 0.354 e. The second kappa shape index (κ2) is 8.60. The number of thiocarbonyl (C=S) groups is 1. The molecule has 0 saturated heterocycles. The van der Waals surface area contributed by atoms with Crippen molar-refractivity contribution in [1.82, 2.24) is 36.1 Å². The molecule has 2 rings (SSSR count). The maximum atomic E-state index is 12.7. The predicted molar refractivity (Wildman–Crippen MR) is 94.4 cm³/mol. The van der Waals surface area contributed by atoms with E-state index in [2.05, 4.69) is 31.4 Å². The lowest BCUT2D eigenvalue weighted by Crippen LogP contribution is -2.51. The van der Waals surface area contributed by atoms with Gasteiger partial charge in [-0.05, 0) is 17.3 Å². The van der Waals surface area contributed by atoms with E-state index < -0.39 is 23.6 Å². The molecule has 14 heteroatoms. The summed E-state index contributed by atoms with van der Waals surface area (Å²) in [4.78, 5) is 28.1. The minimum atomic E-state index is -4.51. The van der Waals surface area contributed by atoms with Crippen LogP contribution in [0.1, 0.15) is 21.7 Å². The number of hydrogen-bond donors (Lipinski definition) is 3. The lowest BCUT2D eigenvalue weighted by molar-refractivity contribution is -0.137. The molecule has 0 aliphatic rings. The Morgan fingerprint density at radius 3 is 2.71 bits per heavy atom. The van der Waals surface area contributed by atoms with Gasteiger partial charge in [0.25, 0.3) is 11.8 Å². The quantitative estimate of drug-likeness (QED) is 0.452. The van der Waals surface area contributed by atoms with Crippen molar-refractivity contribution in [3.63, 3.8) is 0 Å². The number of amides is 2. The van der Waals surface area contributed by atoms with Crippen LogP contribution in [-0.2, 0) is 17.5 Å². The highest BCUT2D eigenvalue weighted by atomic mass is 32.1. The second-order valence-electron chi connectivity index (χ2n) is 5.28. The molecule has 3 N–H and O–H groups in total. The Balaban J connectivity index is 1.91. The first-order valence-corrected chi connectivity index (χ1v) is 8.02. The van der Waals surface area contributed by atoms with Crippen LogP contribution in [0.25, 0.3) is 0 Å². The average molecular weight is 416 g/mol. The Bertz CT molecular complexity index is 885. The van der Waals surface area contributed by atoms with Crippen LogP contribution in [0.4, 0.5) is 13.2 Å². The molecule has 0 aliphatic carbocycles. The minimum absolute atomic E-state index is 0.0193. The molecule has 150 valence electrons. The zero-order valence-electron chi connectivity index (χ0n) is 14.6. The SMILES string of the molecule is CNC(=O)c1cn(N(C)NC(=S)C(=O)NCc2cc(C(F)(F)F)ccn2)nn1. The molecule has 2 aromatic rings. The third-order valence-corrected chi connectivity index (χ3v) is 3.57. The first-order chi connectivity index (χ1) is 13.1. The molecule has 2 aromatic heterocycles. The monoisotopic (exact) mass is 416 g/mol. The maximum Gasteiger partial charge on any atom is 0.416 e. The van der Waals surface area contributed by atoms with Gasteiger partial charge >= 0.3 is 6.18 Å². The summed E-state index contributed by atoms with van der Waals surface area (Å²) < 4.78 is 38.1. The van der Waals surface area contributed by atoms with Crippen LogP contribution in [0.3, 0.4) is 0 Å². The number of nitrogens with zero attached hydrogens (tertiary/aromatic N) is 5. The molecule has 0 saturated carbocycles. The number of nitrogens with one attached hydrogen (secondary N) is 3. The van der Waals surface area contributed by atoms with Gasteiger partial charge in [-0.3, -0.25) is 20.0 Å². The Morgan fingerprint density at radius 2 is 2.07 bits per heavy atom. The van der Waals surface area contributed by atoms with Crippen LogP contribution in [0.5, 0.6) is 0 Å². The lowest BCUT2D eigenvalue weighted by atomic mass is 10.2. The van der Waals surface area contributed by atoms with Gasteiger partial charge in [0.2, 0.25) is 0 Å². The summed E-state index contributed by atoms with van der Waals surface area (Å²) in [5.74, 6) is -1.19. The van der Waals surface area contributed by atoms with E-state index >= 15 is 0 Å². The third-order valence-electron chi connectivity index (χ3n) is 3.29. The van der Waals surface area contributed by atoms with E-state index in [0.29, 0.717) is 0 Å². The fourth-order valence-electron chi connectivity index (χ4n) is 1.88. The first-order valence-electron chi connectivity index (χ1n) is 7.61. The zero-order chi connectivity index (χ0) is 20.9. The molecule has 0 radical (unpaired) electrons. The number of aromatic nitrogens is 4. The summed E-state index contributed by atoms with van der Waals surface area (Å²) in [6.45, 7) is -0.252. The summed E-state index contributed by atoms with van der Waals surface area (Å²) in [7, 11) is 2.89. The topological polar surface area (TPSA) is 117 Å². The number of hydrogen-bond acceptors (Lipinski definition) is 7. The van der Waals surface area contributed by atoms with Crippen molar-refractivity contribution in [2.45, 2.75) is 12.7 Å². The van der Waals surface area contributed by atoms with Gasteiger partial charge in [-0.15, -0.1) is 9.89 Å².